The minimum absolute atomic E-state index is 0.660. The maximum absolute atomic E-state index is 5.50. The molecule has 98 valence electrons. The van der Waals surface area contributed by atoms with E-state index in [9.17, 15) is 0 Å². The SMILES string of the molecule is CN=C(C)c1ccc(C2CCNCC2)cc1OC. The first kappa shape index (κ1) is 13.1. The molecule has 2 rings (SSSR count). The van der Waals surface area contributed by atoms with Crippen molar-refractivity contribution < 1.29 is 4.74 Å². The van der Waals surface area contributed by atoms with Crippen molar-refractivity contribution in [1.29, 1.82) is 0 Å². The smallest absolute Gasteiger partial charge is 0.128 e. The molecule has 1 heterocycles. The first-order valence-electron chi connectivity index (χ1n) is 6.58. The molecular weight excluding hydrogens is 224 g/mol. The molecule has 0 radical (unpaired) electrons. The van der Waals surface area contributed by atoms with Gasteiger partial charge in [0.2, 0.25) is 0 Å². The summed E-state index contributed by atoms with van der Waals surface area (Å²) in [5.74, 6) is 1.60. The number of hydrogen-bond donors (Lipinski definition) is 1. The molecular formula is C15H22N2O. The largest absolute Gasteiger partial charge is 0.496 e. The van der Waals surface area contributed by atoms with Gasteiger partial charge in [-0.3, -0.25) is 4.99 Å². The fraction of sp³-hybridized carbons (Fsp3) is 0.533. The highest BCUT2D eigenvalue weighted by molar-refractivity contribution is 6.01. The quantitative estimate of drug-likeness (QED) is 0.832. The average molecular weight is 246 g/mol. The topological polar surface area (TPSA) is 33.6 Å². The van der Waals surface area contributed by atoms with Crippen LogP contribution in [0.2, 0.25) is 0 Å². The van der Waals surface area contributed by atoms with E-state index in [0.29, 0.717) is 5.92 Å². The second kappa shape index (κ2) is 6.01. The standard InChI is InChI=1S/C15H22N2O/c1-11(16-2)14-5-4-13(10-15(14)18-3)12-6-8-17-9-7-12/h4-5,10,12,17H,6-9H2,1-3H3. The highest BCUT2D eigenvalue weighted by Gasteiger charge is 2.17. The molecule has 0 saturated carbocycles. The van der Waals surface area contributed by atoms with Gasteiger partial charge in [-0.05, 0) is 56.5 Å². The Morgan fingerprint density at radius 3 is 2.67 bits per heavy atom. The molecule has 0 spiro atoms. The summed E-state index contributed by atoms with van der Waals surface area (Å²) < 4.78 is 5.50. The van der Waals surface area contributed by atoms with Gasteiger partial charge in [0.05, 0.1) is 7.11 Å². The van der Waals surface area contributed by atoms with Crippen LogP contribution < -0.4 is 10.1 Å². The molecule has 3 heteroatoms. The lowest BCUT2D eigenvalue weighted by Gasteiger charge is -2.23. The minimum Gasteiger partial charge on any atom is -0.496 e. The minimum atomic E-state index is 0.660. The number of piperidine rings is 1. The fourth-order valence-electron chi connectivity index (χ4n) is 2.54. The third-order valence-corrected chi connectivity index (χ3v) is 3.76. The first-order valence-corrected chi connectivity index (χ1v) is 6.58. The Morgan fingerprint density at radius 2 is 2.06 bits per heavy atom. The summed E-state index contributed by atoms with van der Waals surface area (Å²) in [5, 5.41) is 3.40. The Hall–Kier alpha value is -1.35. The Morgan fingerprint density at radius 1 is 1.33 bits per heavy atom. The monoisotopic (exact) mass is 246 g/mol. The highest BCUT2D eigenvalue weighted by Crippen LogP contribution is 2.30. The van der Waals surface area contributed by atoms with Crippen molar-refractivity contribution in [1.82, 2.24) is 5.32 Å². The van der Waals surface area contributed by atoms with Crippen LogP contribution in [0.3, 0.4) is 0 Å². The van der Waals surface area contributed by atoms with Gasteiger partial charge in [-0.2, -0.15) is 0 Å². The number of nitrogens with one attached hydrogen (secondary N) is 1. The normalized spacial score (nSPS) is 17.8. The average Bonchev–Trinajstić information content (AvgIpc) is 2.46. The van der Waals surface area contributed by atoms with E-state index in [2.05, 4.69) is 28.5 Å². The van der Waals surface area contributed by atoms with Crippen LogP contribution in [0.25, 0.3) is 0 Å². The maximum atomic E-state index is 5.50. The van der Waals surface area contributed by atoms with Crippen molar-refractivity contribution in [2.75, 3.05) is 27.2 Å². The zero-order chi connectivity index (χ0) is 13.0. The molecule has 0 aromatic heterocycles. The van der Waals surface area contributed by atoms with E-state index in [-0.39, 0.29) is 0 Å². The van der Waals surface area contributed by atoms with E-state index in [1.165, 1.54) is 18.4 Å². The Bertz CT molecular complexity index is 434. The Labute approximate surface area is 109 Å². The number of hydrogen-bond acceptors (Lipinski definition) is 3. The summed E-state index contributed by atoms with van der Waals surface area (Å²) in [6.45, 7) is 4.25. The molecule has 1 N–H and O–H groups in total. The number of methoxy groups -OCH3 is 1. The predicted octanol–water partition coefficient (Wildman–Crippen LogP) is 2.60. The van der Waals surface area contributed by atoms with Crippen molar-refractivity contribution in [3.63, 3.8) is 0 Å². The van der Waals surface area contributed by atoms with Gasteiger partial charge in [-0.25, -0.2) is 0 Å². The zero-order valence-electron chi connectivity index (χ0n) is 11.5. The van der Waals surface area contributed by atoms with Crippen molar-refractivity contribution in [2.24, 2.45) is 4.99 Å². The van der Waals surface area contributed by atoms with Crippen molar-refractivity contribution in [3.05, 3.63) is 29.3 Å². The van der Waals surface area contributed by atoms with Crippen LogP contribution in [-0.2, 0) is 0 Å². The van der Waals surface area contributed by atoms with Crippen molar-refractivity contribution >= 4 is 5.71 Å². The number of ether oxygens (including phenoxy) is 1. The number of aliphatic imine (C=N–C) groups is 1. The molecule has 1 fully saturated rings. The van der Waals surface area contributed by atoms with Gasteiger partial charge in [0.15, 0.2) is 0 Å². The highest BCUT2D eigenvalue weighted by atomic mass is 16.5. The second-order valence-electron chi connectivity index (χ2n) is 4.79. The van der Waals surface area contributed by atoms with Crippen LogP contribution in [-0.4, -0.2) is 33.0 Å². The van der Waals surface area contributed by atoms with Gasteiger partial charge in [0.1, 0.15) is 5.75 Å². The van der Waals surface area contributed by atoms with Crippen LogP contribution >= 0.6 is 0 Å². The molecule has 1 aromatic carbocycles. The van der Waals surface area contributed by atoms with E-state index in [1.807, 2.05) is 14.0 Å². The van der Waals surface area contributed by atoms with E-state index >= 15 is 0 Å². The van der Waals surface area contributed by atoms with Crippen molar-refractivity contribution in [3.8, 4) is 5.75 Å². The summed E-state index contributed by atoms with van der Waals surface area (Å²) in [4.78, 5) is 4.24. The van der Waals surface area contributed by atoms with Crippen molar-refractivity contribution in [2.45, 2.75) is 25.7 Å². The maximum Gasteiger partial charge on any atom is 0.128 e. The molecule has 3 nitrogen and oxygen atoms in total. The van der Waals surface area contributed by atoms with Gasteiger partial charge in [0, 0.05) is 18.3 Å². The zero-order valence-corrected chi connectivity index (χ0v) is 11.5. The lowest BCUT2D eigenvalue weighted by Crippen LogP contribution is -2.26. The Balaban J connectivity index is 2.29. The third kappa shape index (κ3) is 2.72. The molecule has 0 bridgehead atoms. The molecule has 0 amide bonds. The van der Waals surface area contributed by atoms with Crippen LogP contribution in [0.1, 0.15) is 36.8 Å². The molecule has 1 aromatic rings. The summed E-state index contributed by atoms with van der Waals surface area (Å²) in [7, 11) is 3.55. The molecule has 18 heavy (non-hydrogen) atoms. The number of nitrogens with zero attached hydrogens (tertiary/aromatic N) is 1. The predicted molar refractivity (Wildman–Crippen MR) is 76.0 cm³/mol. The molecule has 0 aliphatic carbocycles. The van der Waals surface area contributed by atoms with E-state index < -0.39 is 0 Å². The fourth-order valence-corrected chi connectivity index (χ4v) is 2.54. The van der Waals surface area contributed by atoms with Crippen LogP contribution in [0, 0.1) is 0 Å². The van der Waals surface area contributed by atoms with Gasteiger partial charge in [0.25, 0.3) is 0 Å². The number of benzene rings is 1. The lowest BCUT2D eigenvalue weighted by atomic mass is 9.89. The summed E-state index contributed by atoms with van der Waals surface area (Å²) in [6, 6.07) is 6.54. The van der Waals surface area contributed by atoms with E-state index in [0.717, 1.165) is 30.1 Å². The Kier molecular flexibility index (Phi) is 4.37. The third-order valence-electron chi connectivity index (χ3n) is 3.76. The van der Waals surface area contributed by atoms with Gasteiger partial charge in [-0.15, -0.1) is 0 Å². The molecule has 1 aliphatic rings. The van der Waals surface area contributed by atoms with Crippen LogP contribution in [0.5, 0.6) is 5.75 Å². The van der Waals surface area contributed by atoms with Gasteiger partial charge < -0.3 is 10.1 Å². The van der Waals surface area contributed by atoms with Gasteiger partial charge in [-0.1, -0.05) is 6.07 Å². The second-order valence-corrected chi connectivity index (χ2v) is 4.79. The molecule has 0 atom stereocenters. The molecule has 1 aliphatic heterocycles. The summed E-state index contributed by atoms with van der Waals surface area (Å²) in [5.41, 5.74) is 3.50. The van der Waals surface area contributed by atoms with Gasteiger partial charge >= 0.3 is 0 Å². The summed E-state index contributed by atoms with van der Waals surface area (Å²) in [6.07, 6.45) is 2.42. The van der Waals surface area contributed by atoms with Crippen LogP contribution in [0.4, 0.5) is 0 Å². The van der Waals surface area contributed by atoms with Crippen LogP contribution in [0.15, 0.2) is 23.2 Å². The molecule has 0 unspecified atom stereocenters. The summed E-state index contributed by atoms with van der Waals surface area (Å²) >= 11 is 0. The molecule has 1 saturated heterocycles. The van der Waals surface area contributed by atoms with E-state index in [1.54, 1.807) is 7.11 Å². The first-order chi connectivity index (χ1) is 8.76. The number of rotatable bonds is 3. The lowest BCUT2D eigenvalue weighted by molar-refractivity contribution is 0.410. The van der Waals surface area contributed by atoms with E-state index in [4.69, 9.17) is 4.74 Å².